The molecule has 0 aromatic rings. The highest BCUT2D eigenvalue weighted by Gasteiger charge is 2.29. The molecule has 1 fully saturated rings. The summed E-state index contributed by atoms with van der Waals surface area (Å²) in [5, 5.41) is 0. The smallest absolute Gasteiger partial charge is 0.236 e. The Hall–Kier alpha value is -0.570. The van der Waals surface area contributed by atoms with Crippen molar-refractivity contribution in [2.75, 3.05) is 33.2 Å². The Bertz CT molecular complexity index is 242. The van der Waals surface area contributed by atoms with Crippen LogP contribution < -0.4 is 0 Å². The number of carbonyl (C=O) groups excluding carboxylic acids is 1. The van der Waals surface area contributed by atoms with E-state index in [2.05, 4.69) is 30.6 Å². The zero-order chi connectivity index (χ0) is 12.2. The predicted octanol–water partition coefficient (Wildman–Crippen LogP) is 1.98. The van der Waals surface area contributed by atoms with Gasteiger partial charge in [0.1, 0.15) is 0 Å². The van der Waals surface area contributed by atoms with Gasteiger partial charge in [0.25, 0.3) is 0 Å². The summed E-state index contributed by atoms with van der Waals surface area (Å²) in [6.07, 6.45) is 3.57. The lowest BCUT2D eigenvalue weighted by molar-refractivity contribution is -0.137. The molecule has 1 unspecified atom stereocenters. The summed E-state index contributed by atoms with van der Waals surface area (Å²) in [5.41, 5.74) is 0.306. The van der Waals surface area contributed by atoms with Gasteiger partial charge in [0.15, 0.2) is 0 Å². The number of hydrogen-bond donors (Lipinski definition) is 0. The number of carbonyl (C=O) groups is 1. The van der Waals surface area contributed by atoms with Crippen molar-refractivity contribution in [3.05, 3.63) is 0 Å². The van der Waals surface area contributed by atoms with Crippen LogP contribution in [0.2, 0.25) is 0 Å². The first-order chi connectivity index (χ1) is 7.50. The van der Waals surface area contributed by atoms with Gasteiger partial charge in [0.2, 0.25) is 5.91 Å². The fourth-order valence-corrected chi connectivity index (χ4v) is 2.43. The van der Waals surface area contributed by atoms with E-state index in [1.807, 2.05) is 7.05 Å². The lowest BCUT2D eigenvalue weighted by Gasteiger charge is -2.39. The SMILES string of the molecule is CCCC(C)(CC)CN1CCN(C)CC1=O. The first kappa shape index (κ1) is 13.5. The van der Waals surface area contributed by atoms with Crippen LogP contribution in [0.4, 0.5) is 0 Å². The fraction of sp³-hybridized carbons (Fsp3) is 0.923. The van der Waals surface area contributed by atoms with E-state index in [0.29, 0.717) is 17.9 Å². The van der Waals surface area contributed by atoms with E-state index in [4.69, 9.17) is 0 Å². The van der Waals surface area contributed by atoms with E-state index in [1.54, 1.807) is 0 Å². The van der Waals surface area contributed by atoms with E-state index in [0.717, 1.165) is 26.1 Å². The highest BCUT2D eigenvalue weighted by atomic mass is 16.2. The number of piperazine rings is 1. The maximum atomic E-state index is 11.9. The molecule has 0 aliphatic carbocycles. The second-order valence-corrected chi connectivity index (χ2v) is 5.47. The molecule has 3 nitrogen and oxygen atoms in total. The average Bonchev–Trinajstić information content (AvgIpc) is 2.23. The van der Waals surface area contributed by atoms with Crippen molar-refractivity contribution in [2.24, 2.45) is 5.41 Å². The molecule has 16 heavy (non-hydrogen) atoms. The molecule has 3 heteroatoms. The number of nitrogens with zero attached hydrogens (tertiary/aromatic N) is 2. The van der Waals surface area contributed by atoms with Gasteiger partial charge in [-0.25, -0.2) is 0 Å². The van der Waals surface area contributed by atoms with Gasteiger partial charge in [-0.3, -0.25) is 9.69 Å². The summed E-state index contributed by atoms with van der Waals surface area (Å²) in [7, 11) is 2.01. The molecule has 1 atom stereocenters. The number of amides is 1. The first-order valence-electron chi connectivity index (χ1n) is 6.47. The Morgan fingerprint density at radius 1 is 1.31 bits per heavy atom. The highest BCUT2D eigenvalue weighted by Crippen LogP contribution is 2.28. The Labute approximate surface area is 99.8 Å². The summed E-state index contributed by atoms with van der Waals surface area (Å²) in [6.45, 7) is 10.2. The second kappa shape index (κ2) is 5.67. The van der Waals surface area contributed by atoms with Gasteiger partial charge < -0.3 is 4.90 Å². The van der Waals surface area contributed by atoms with Gasteiger partial charge in [-0.05, 0) is 25.3 Å². The van der Waals surface area contributed by atoms with E-state index in [1.165, 1.54) is 12.8 Å². The van der Waals surface area contributed by atoms with Crippen LogP contribution in [0.15, 0.2) is 0 Å². The third kappa shape index (κ3) is 3.48. The van der Waals surface area contributed by atoms with E-state index in [9.17, 15) is 4.79 Å². The molecular weight excluding hydrogens is 200 g/mol. The quantitative estimate of drug-likeness (QED) is 0.715. The summed E-state index contributed by atoms with van der Waals surface area (Å²) in [5.74, 6) is 0.296. The van der Waals surface area contributed by atoms with Crippen molar-refractivity contribution in [3.63, 3.8) is 0 Å². The maximum Gasteiger partial charge on any atom is 0.236 e. The lowest BCUT2D eigenvalue weighted by atomic mass is 9.82. The maximum absolute atomic E-state index is 11.9. The van der Waals surface area contributed by atoms with Crippen molar-refractivity contribution in [1.29, 1.82) is 0 Å². The molecule has 0 N–H and O–H groups in total. The Morgan fingerprint density at radius 2 is 2.00 bits per heavy atom. The van der Waals surface area contributed by atoms with Gasteiger partial charge in [-0.2, -0.15) is 0 Å². The third-order valence-electron chi connectivity index (χ3n) is 3.79. The molecule has 0 saturated carbocycles. The molecule has 1 rings (SSSR count). The highest BCUT2D eigenvalue weighted by molar-refractivity contribution is 5.79. The van der Waals surface area contributed by atoms with Crippen LogP contribution in [0.25, 0.3) is 0 Å². The van der Waals surface area contributed by atoms with E-state index >= 15 is 0 Å². The Balaban J connectivity index is 2.55. The van der Waals surface area contributed by atoms with Crippen molar-refractivity contribution < 1.29 is 4.79 Å². The standard InChI is InChI=1S/C13H26N2O/c1-5-7-13(3,6-2)11-15-9-8-14(4)10-12(15)16/h5-11H2,1-4H3. The number of rotatable bonds is 5. The van der Waals surface area contributed by atoms with Crippen LogP contribution >= 0.6 is 0 Å². The van der Waals surface area contributed by atoms with Crippen LogP contribution in [0, 0.1) is 5.41 Å². The topological polar surface area (TPSA) is 23.6 Å². The van der Waals surface area contributed by atoms with Crippen LogP contribution in [-0.4, -0.2) is 48.9 Å². The second-order valence-electron chi connectivity index (χ2n) is 5.47. The Kier molecular flexibility index (Phi) is 4.78. The summed E-state index contributed by atoms with van der Waals surface area (Å²) in [6, 6.07) is 0. The zero-order valence-corrected chi connectivity index (χ0v) is 11.3. The molecule has 0 bridgehead atoms. The molecule has 0 aromatic carbocycles. The molecule has 1 aliphatic heterocycles. The van der Waals surface area contributed by atoms with Gasteiger partial charge in [-0.15, -0.1) is 0 Å². The van der Waals surface area contributed by atoms with Gasteiger partial charge >= 0.3 is 0 Å². The van der Waals surface area contributed by atoms with E-state index < -0.39 is 0 Å². The number of likely N-dealkylation sites (N-methyl/N-ethyl adjacent to an activating group) is 1. The molecule has 0 radical (unpaired) electrons. The monoisotopic (exact) mass is 226 g/mol. The molecule has 1 aliphatic rings. The zero-order valence-electron chi connectivity index (χ0n) is 11.3. The summed E-state index contributed by atoms with van der Waals surface area (Å²) < 4.78 is 0. The molecular formula is C13H26N2O. The minimum absolute atomic E-state index is 0.296. The van der Waals surface area contributed by atoms with Gasteiger partial charge in [0, 0.05) is 19.6 Å². The summed E-state index contributed by atoms with van der Waals surface area (Å²) in [4.78, 5) is 16.0. The van der Waals surface area contributed by atoms with Gasteiger partial charge in [-0.1, -0.05) is 27.2 Å². The molecule has 0 aromatic heterocycles. The van der Waals surface area contributed by atoms with Gasteiger partial charge in [0.05, 0.1) is 6.54 Å². The largest absolute Gasteiger partial charge is 0.340 e. The Morgan fingerprint density at radius 3 is 2.50 bits per heavy atom. The normalized spacial score (nSPS) is 22.2. The molecule has 1 heterocycles. The predicted molar refractivity (Wildman–Crippen MR) is 67.4 cm³/mol. The van der Waals surface area contributed by atoms with Crippen molar-refractivity contribution >= 4 is 5.91 Å². The minimum Gasteiger partial charge on any atom is -0.340 e. The van der Waals surface area contributed by atoms with Crippen molar-refractivity contribution in [1.82, 2.24) is 9.80 Å². The van der Waals surface area contributed by atoms with Crippen LogP contribution in [0.5, 0.6) is 0 Å². The molecule has 1 saturated heterocycles. The molecule has 94 valence electrons. The number of hydrogen-bond acceptors (Lipinski definition) is 2. The molecule has 0 spiro atoms. The average molecular weight is 226 g/mol. The van der Waals surface area contributed by atoms with Crippen molar-refractivity contribution in [2.45, 2.75) is 40.0 Å². The first-order valence-corrected chi connectivity index (χ1v) is 6.47. The van der Waals surface area contributed by atoms with Crippen LogP contribution in [-0.2, 0) is 4.79 Å². The fourth-order valence-electron chi connectivity index (χ4n) is 2.43. The van der Waals surface area contributed by atoms with Crippen molar-refractivity contribution in [3.8, 4) is 0 Å². The van der Waals surface area contributed by atoms with Crippen LogP contribution in [0.1, 0.15) is 40.0 Å². The summed E-state index contributed by atoms with van der Waals surface area (Å²) >= 11 is 0. The van der Waals surface area contributed by atoms with Crippen LogP contribution in [0.3, 0.4) is 0 Å². The lowest BCUT2D eigenvalue weighted by Crippen LogP contribution is -2.51. The minimum atomic E-state index is 0.296. The van der Waals surface area contributed by atoms with E-state index in [-0.39, 0.29) is 0 Å². The molecule has 1 amide bonds. The third-order valence-corrected chi connectivity index (χ3v) is 3.79.